The van der Waals surface area contributed by atoms with Gasteiger partial charge in [-0.05, 0) is 38.1 Å². The van der Waals surface area contributed by atoms with Crippen LogP contribution in [0.2, 0.25) is 0 Å². The van der Waals surface area contributed by atoms with Gasteiger partial charge in [-0.3, -0.25) is 4.79 Å². The molecule has 0 saturated heterocycles. The molecule has 1 rings (SSSR count). The zero-order valence-electron chi connectivity index (χ0n) is 10.8. The van der Waals surface area contributed by atoms with Crippen molar-refractivity contribution in [2.75, 3.05) is 13.1 Å². The Labute approximate surface area is 121 Å². The summed E-state index contributed by atoms with van der Waals surface area (Å²) >= 11 is 3.26. The number of rotatable bonds is 5. The summed E-state index contributed by atoms with van der Waals surface area (Å²) in [6.45, 7) is 3.00. The van der Waals surface area contributed by atoms with Gasteiger partial charge < -0.3 is 11.1 Å². The number of nitrogens with two attached hydrogens (primary N) is 1. The van der Waals surface area contributed by atoms with E-state index in [-0.39, 0.29) is 23.9 Å². The summed E-state index contributed by atoms with van der Waals surface area (Å²) in [4.78, 5) is 11.4. The molecule has 0 saturated carbocycles. The van der Waals surface area contributed by atoms with Crippen LogP contribution in [-0.2, 0) is 14.6 Å². The lowest BCUT2D eigenvalue weighted by atomic mass is 10.2. The minimum Gasteiger partial charge on any atom is -0.353 e. The van der Waals surface area contributed by atoms with Crippen molar-refractivity contribution < 1.29 is 13.2 Å². The molecule has 5 nitrogen and oxygen atoms in total. The van der Waals surface area contributed by atoms with Gasteiger partial charge in [-0.1, -0.05) is 15.9 Å². The Morgan fingerprint density at radius 1 is 1.32 bits per heavy atom. The molecule has 1 aromatic carbocycles. The molecule has 1 aromatic rings. The highest BCUT2D eigenvalue weighted by molar-refractivity contribution is 9.10. The molecule has 0 radical (unpaired) electrons. The summed E-state index contributed by atoms with van der Waals surface area (Å²) in [6, 6.07) is 6.40. The Bertz CT molecular complexity index is 553. The number of carbonyl (C=O) groups excluding carboxylic acids is 1. The van der Waals surface area contributed by atoms with Crippen LogP contribution in [0.25, 0.3) is 0 Å². The molecule has 0 spiro atoms. The molecule has 0 heterocycles. The predicted octanol–water partition coefficient (Wildman–Crippen LogP) is 1.08. The van der Waals surface area contributed by atoms with E-state index in [1.807, 2.05) is 0 Å². The first-order valence-electron chi connectivity index (χ1n) is 5.67. The molecule has 106 valence electrons. The van der Waals surface area contributed by atoms with E-state index in [0.29, 0.717) is 0 Å². The second-order valence-electron chi connectivity index (χ2n) is 4.70. The summed E-state index contributed by atoms with van der Waals surface area (Å²) in [5, 5.41) is 2.51. The Hall–Kier alpha value is -0.920. The SMILES string of the molecule is CC(C)(CNC(=O)CN)S(=O)(=O)c1ccc(Br)cc1. The maximum atomic E-state index is 12.5. The van der Waals surface area contributed by atoms with Crippen LogP contribution in [0.1, 0.15) is 13.8 Å². The number of halogens is 1. The highest BCUT2D eigenvalue weighted by Gasteiger charge is 2.35. The van der Waals surface area contributed by atoms with Crippen molar-refractivity contribution in [2.24, 2.45) is 5.73 Å². The molecule has 0 aliphatic rings. The van der Waals surface area contributed by atoms with Gasteiger partial charge in [-0.15, -0.1) is 0 Å². The topological polar surface area (TPSA) is 89.3 Å². The maximum Gasteiger partial charge on any atom is 0.233 e. The average molecular weight is 349 g/mol. The molecule has 0 atom stereocenters. The molecule has 0 bridgehead atoms. The third kappa shape index (κ3) is 3.77. The monoisotopic (exact) mass is 348 g/mol. The molecule has 7 heteroatoms. The van der Waals surface area contributed by atoms with Crippen LogP contribution in [0.3, 0.4) is 0 Å². The van der Waals surface area contributed by atoms with Crippen LogP contribution in [0.5, 0.6) is 0 Å². The maximum absolute atomic E-state index is 12.5. The zero-order chi connectivity index (χ0) is 14.7. The quantitative estimate of drug-likeness (QED) is 0.832. The fourth-order valence-corrected chi connectivity index (χ4v) is 3.07. The molecule has 0 unspecified atom stereocenters. The van der Waals surface area contributed by atoms with Crippen LogP contribution in [-0.4, -0.2) is 32.2 Å². The average Bonchev–Trinajstić information content (AvgIpc) is 2.36. The van der Waals surface area contributed by atoms with E-state index in [2.05, 4.69) is 21.2 Å². The summed E-state index contributed by atoms with van der Waals surface area (Å²) < 4.78 is 24.6. The van der Waals surface area contributed by atoms with E-state index >= 15 is 0 Å². The molecule has 0 aliphatic carbocycles. The smallest absolute Gasteiger partial charge is 0.233 e. The lowest BCUT2D eigenvalue weighted by Crippen LogP contribution is -2.45. The fraction of sp³-hybridized carbons (Fsp3) is 0.417. The van der Waals surface area contributed by atoms with Crippen molar-refractivity contribution in [2.45, 2.75) is 23.5 Å². The minimum absolute atomic E-state index is 0.0153. The molecule has 0 aliphatic heterocycles. The molecule has 1 amide bonds. The number of carbonyl (C=O) groups is 1. The Morgan fingerprint density at radius 3 is 2.32 bits per heavy atom. The standard InChI is InChI=1S/C12H17BrN2O3S/c1-12(2,8-15-11(16)7-14)19(17,18)10-5-3-9(13)4-6-10/h3-6H,7-8,14H2,1-2H3,(H,15,16). The van der Waals surface area contributed by atoms with Gasteiger partial charge in [0.2, 0.25) is 5.91 Å². The van der Waals surface area contributed by atoms with Crippen molar-refractivity contribution in [3.05, 3.63) is 28.7 Å². The van der Waals surface area contributed by atoms with Crippen molar-refractivity contribution in [1.82, 2.24) is 5.32 Å². The van der Waals surface area contributed by atoms with Crippen LogP contribution in [0.4, 0.5) is 0 Å². The number of nitrogens with one attached hydrogen (secondary N) is 1. The van der Waals surface area contributed by atoms with E-state index in [1.54, 1.807) is 26.0 Å². The van der Waals surface area contributed by atoms with Crippen LogP contribution < -0.4 is 11.1 Å². The van der Waals surface area contributed by atoms with Gasteiger partial charge in [0.15, 0.2) is 9.84 Å². The van der Waals surface area contributed by atoms with Gasteiger partial charge in [0.05, 0.1) is 16.2 Å². The van der Waals surface area contributed by atoms with E-state index in [4.69, 9.17) is 5.73 Å². The highest BCUT2D eigenvalue weighted by atomic mass is 79.9. The van der Waals surface area contributed by atoms with E-state index in [0.717, 1.165) is 4.47 Å². The van der Waals surface area contributed by atoms with Crippen molar-refractivity contribution in [1.29, 1.82) is 0 Å². The van der Waals surface area contributed by atoms with Crippen LogP contribution >= 0.6 is 15.9 Å². The minimum atomic E-state index is -3.54. The fourth-order valence-electron chi connectivity index (χ4n) is 1.41. The van der Waals surface area contributed by atoms with Crippen LogP contribution in [0, 0.1) is 0 Å². The molecule has 3 N–H and O–H groups in total. The van der Waals surface area contributed by atoms with Crippen molar-refractivity contribution in [3.8, 4) is 0 Å². The van der Waals surface area contributed by atoms with Gasteiger partial charge in [-0.25, -0.2) is 8.42 Å². The summed E-state index contributed by atoms with van der Waals surface area (Å²) in [5.74, 6) is -0.376. The van der Waals surface area contributed by atoms with E-state index in [9.17, 15) is 13.2 Å². The second-order valence-corrected chi connectivity index (χ2v) is 8.20. The molecular formula is C12H17BrN2O3S. The van der Waals surface area contributed by atoms with Crippen molar-refractivity contribution >= 4 is 31.7 Å². The molecule has 0 aromatic heterocycles. The first-order valence-corrected chi connectivity index (χ1v) is 7.95. The summed E-state index contributed by atoms with van der Waals surface area (Å²) in [6.07, 6.45) is 0. The van der Waals surface area contributed by atoms with Crippen LogP contribution in [0.15, 0.2) is 33.6 Å². The number of hydrogen-bond donors (Lipinski definition) is 2. The third-order valence-electron chi connectivity index (χ3n) is 2.75. The summed E-state index contributed by atoms with van der Waals surface area (Å²) in [5.41, 5.74) is 5.17. The number of hydrogen-bond acceptors (Lipinski definition) is 4. The molecular weight excluding hydrogens is 332 g/mol. The number of sulfone groups is 1. The Balaban J connectivity index is 2.97. The number of benzene rings is 1. The van der Waals surface area contributed by atoms with Gasteiger partial charge in [-0.2, -0.15) is 0 Å². The van der Waals surface area contributed by atoms with Crippen molar-refractivity contribution in [3.63, 3.8) is 0 Å². The van der Waals surface area contributed by atoms with E-state index in [1.165, 1.54) is 12.1 Å². The summed E-state index contributed by atoms with van der Waals surface area (Å²) in [7, 11) is -3.54. The predicted molar refractivity (Wildman–Crippen MR) is 77.5 cm³/mol. The van der Waals surface area contributed by atoms with E-state index < -0.39 is 14.6 Å². The third-order valence-corrected chi connectivity index (χ3v) is 5.77. The normalized spacial score (nSPS) is 12.2. The highest BCUT2D eigenvalue weighted by Crippen LogP contribution is 2.26. The first kappa shape index (κ1) is 16.1. The molecule has 19 heavy (non-hydrogen) atoms. The Kier molecular flexibility index (Phi) is 5.11. The second kappa shape index (κ2) is 6.02. The van der Waals surface area contributed by atoms with Gasteiger partial charge in [0.1, 0.15) is 0 Å². The largest absolute Gasteiger partial charge is 0.353 e. The first-order chi connectivity index (χ1) is 8.70. The van der Waals surface area contributed by atoms with Gasteiger partial charge in [0.25, 0.3) is 0 Å². The van der Waals surface area contributed by atoms with Gasteiger partial charge in [0, 0.05) is 11.0 Å². The van der Waals surface area contributed by atoms with Gasteiger partial charge >= 0.3 is 0 Å². The zero-order valence-corrected chi connectivity index (χ0v) is 13.2. The Morgan fingerprint density at radius 2 is 1.84 bits per heavy atom. The number of amides is 1. The lowest BCUT2D eigenvalue weighted by molar-refractivity contribution is -0.119. The molecule has 0 fully saturated rings. The lowest BCUT2D eigenvalue weighted by Gasteiger charge is -2.25.